The molecule has 1 aromatic rings. The zero-order valence-electron chi connectivity index (χ0n) is 8.63. The van der Waals surface area contributed by atoms with Crippen molar-refractivity contribution < 1.29 is 9.47 Å². The molecule has 0 bridgehead atoms. The van der Waals surface area contributed by atoms with Crippen molar-refractivity contribution in [2.24, 2.45) is 0 Å². The number of ether oxygens (including phenoxy) is 2. The fourth-order valence-corrected chi connectivity index (χ4v) is 1.28. The molecule has 13 heavy (non-hydrogen) atoms. The van der Waals surface area contributed by atoms with Crippen LogP contribution in [0.3, 0.4) is 0 Å². The van der Waals surface area contributed by atoms with Crippen molar-refractivity contribution in [2.75, 3.05) is 14.2 Å². The molecule has 2 nitrogen and oxygen atoms in total. The Morgan fingerprint density at radius 3 is 2.08 bits per heavy atom. The molecule has 0 aliphatic heterocycles. The van der Waals surface area contributed by atoms with Gasteiger partial charge in [0.05, 0.1) is 0 Å². The van der Waals surface area contributed by atoms with E-state index in [4.69, 9.17) is 9.47 Å². The first-order valence-electron chi connectivity index (χ1n) is 4.31. The highest BCUT2D eigenvalue weighted by Gasteiger charge is 2.08. The second kappa shape index (κ2) is 4.40. The molecule has 0 aromatic heterocycles. The lowest BCUT2D eigenvalue weighted by Crippen LogP contribution is -2.03. The smallest absolute Gasteiger partial charge is 0.183 e. The zero-order valence-corrected chi connectivity index (χ0v) is 8.63. The highest BCUT2D eigenvalue weighted by Crippen LogP contribution is 2.19. The predicted molar refractivity (Wildman–Crippen MR) is 52.7 cm³/mol. The first-order chi connectivity index (χ1) is 6.19. The summed E-state index contributed by atoms with van der Waals surface area (Å²) in [4.78, 5) is 0. The van der Waals surface area contributed by atoms with Crippen molar-refractivity contribution in [2.45, 2.75) is 20.1 Å². The molecule has 1 rings (SSSR count). The quantitative estimate of drug-likeness (QED) is 0.666. The summed E-state index contributed by atoms with van der Waals surface area (Å²) >= 11 is 0. The van der Waals surface area contributed by atoms with Gasteiger partial charge >= 0.3 is 0 Å². The molecule has 0 unspecified atom stereocenters. The van der Waals surface area contributed by atoms with Crippen molar-refractivity contribution in [3.8, 4) is 0 Å². The summed E-state index contributed by atoms with van der Waals surface area (Å²) in [6.45, 7) is 4.18. The van der Waals surface area contributed by atoms with E-state index in [2.05, 4.69) is 26.0 Å². The van der Waals surface area contributed by atoms with Crippen LogP contribution in [0.25, 0.3) is 0 Å². The third kappa shape index (κ3) is 2.29. The molecule has 0 aliphatic carbocycles. The van der Waals surface area contributed by atoms with Gasteiger partial charge in [0.15, 0.2) is 6.29 Å². The van der Waals surface area contributed by atoms with E-state index >= 15 is 0 Å². The fraction of sp³-hybridized carbons (Fsp3) is 0.455. The van der Waals surface area contributed by atoms with Gasteiger partial charge in [0.25, 0.3) is 0 Å². The summed E-state index contributed by atoms with van der Waals surface area (Å²) in [7, 11) is 3.28. The number of hydrogen-bond acceptors (Lipinski definition) is 2. The van der Waals surface area contributed by atoms with Crippen molar-refractivity contribution in [3.05, 3.63) is 34.9 Å². The lowest BCUT2D eigenvalue weighted by Gasteiger charge is -2.14. The third-order valence-corrected chi connectivity index (χ3v) is 2.23. The van der Waals surface area contributed by atoms with Crippen molar-refractivity contribution in [3.63, 3.8) is 0 Å². The average molecular weight is 180 g/mol. The van der Waals surface area contributed by atoms with E-state index in [1.54, 1.807) is 14.2 Å². The Kier molecular flexibility index (Phi) is 3.46. The van der Waals surface area contributed by atoms with Gasteiger partial charge in [0, 0.05) is 19.8 Å². The molecule has 0 amide bonds. The Hall–Kier alpha value is -0.860. The standard InChI is InChI=1S/C11H16O2/c1-8-5-6-10(7-9(8)2)11(12-3)13-4/h5-7,11H,1-4H3. The normalized spacial score (nSPS) is 10.8. The Balaban J connectivity index is 2.95. The maximum absolute atomic E-state index is 5.16. The van der Waals surface area contributed by atoms with Gasteiger partial charge in [-0.25, -0.2) is 0 Å². The van der Waals surface area contributed by atoms with E-state index < -0.39 is 0 Å². The Bertz CT molecular complexity index is 277. The minimum Gasteiger partial charge on any atom is -0.352 e. The SMILES string of the molecule is COC(OC)c1ccc(C)c(C)c1. The molecular formula is C11H16O2. The molecule has 1 aromatic carbocycles. The highest BCUT2D eigenvalue weighted by molar-refractivity contribution is 5.30. The van der Waals surface area contributed by atoms with Gasteiger partial charge < -0.3 is 9.47 Å². The van der Waals surface area contributed by atoms with Crippen LogP contribution < -0.4 is 0 Å². The number of benzene rings is 1. The van der Waals surface area contributed by atoms with Crippen LogP contribution in [0.2, 0.25) is 0 Å². The largest absolute Gasteiger partial charge is 0.352 e. The minimum absolute atomic E-state index is 0.251. The monoisotopic (exact) mass is 180 g/mol. The molecule has 0 atom stereocenters. The van der Waals surface area contributed by atoms with Crippen LogP contribution >= 0.6 is 0 Å². The number of hydrogen-bond donors (Lipinski definition) is 0. The Morgan fingerprint density at radius 2 is 1.62 bits per heavy atom. The van der Waals surface area contributed by atoms with Gasteiger partial charge in [-0.05, 0) is 25.0 Å². The van der Waals surface area contributed by atoms with Crippen LogP contribution in [-0.4, -0.2) is 14.2 Å². The Morgan fingerprint density at radius 1 is 1.00 bits per heavy atom. The fourth-order valence-electron chi connectivity index (χ4n) is 1.28. The van der Waals surface area contributed by atoms with Gasteiger partial charge in [-0.1, -0.05) is 18.2 Å². The van der Waals surface area contributed by atoms with E-state index in [9.17, 15) is 0 Å². The third-order valence-electron chi connectivity index (χ3n) is 2.23. The number of rotatable bonds is 3. The first kappa shape index (κ1) is 10.2. The lowest BCUT2D eigenvalue weighted by molar-refractivity contribution is -0.106. The summed E-state index contributed by atoms with van der Waals surface area (Å²) in [5.41, 5.74) is 3.61. The van der Waals surface area contributed by atoms with E-state index in [1.165, 1.54) is 11.1 Å². The zero-order chi connectivity index (χ0) is 9.84. The van der Waals surface area contributed by atoms with E-state index in [0.717, 1.165) is 5.56 Å². The van der Waals surface area contributed by atoms with Crippen LogP contribution in [0.4, 0.5) is 0 Å². The van der Waals surface area contributed by atoms with E-state index in [-0.39, 0.29) is 6.29 Å². The highest BCUT2D eigenvalue weighted by atomic mass is 16.7. The lowest BCUT2D eigenvalue weighted by atomic mass is 10.1. The van der Waals surface area contributed by atoms with E-state index in [1.807, 2.05) is 6.07 Å². The second-order valence-corrected chi connectivity index (χ2v) is 3.15. The van der Waals surface area contributed by atoms with Crippen molar-refractivity contribution in [1.29, 1.82) is 0 Å². The minimum atomic E-state index is -0.251. The summed E-state index contributed by atoms with van der Waals surface area (Å²) in [5.74, 6) is 0. The molecule has 0 heterocycles. The second-order valence-electron chi connectivity index (χ2n) is 3.15. The summed E-state index contributed by atoms with van der Waals surface area (Å²) in [6, 6.07) is 6.20. The van der Waals surface area contributed by atoms with Gasteiger partial charge in [0.1, 0.15) is 0 Å². The average Bonchev–Trinajstić information content (AvgIpc) is 2.13. The summed E-state index contributed by atoms with van der Waals surface area (Å²) in [5, 5.41) is 0. The maximum atomic E-state index is 5.16. The summed E-state index contributed by atoms with van der Waals surface area (Å²) < 4.78 is 10.3. The molecule has 0 fully saturated rings. The molecule has 0 aliphatic rings. The van der Waals surface area contributed by atoms with Crippen molar-refractivity contribution in [1.82, 2.24) is 0 Å². The topological polar surface area (TPSA) is 18.5 Å². The molecular weight excluding hydrogens is 164 g/mol. The molecule has 0 N–H and O–H groups in total. The molecule has 72 valence electrons. The van der Waals surface area contributed by atoms with Crippen LogP contribution in [0.1, 0.15) is 23.0 Å². The Labute approximate surface area is 79.5 Å². The summed E-state index contributed by atoms with van der Waals surface area (Å²) in [6.07, 6.45) is -0.251. The first-order valence-corrected chi connectivity index (χ1v) is 4.31. The number of methoxy groups -OCH3 is 2. The van der Waals surface area contributed by atoms with Gasteiger partial charge in [0.2, 0.25) is 0 Å². The van der Waals surface area contributed by atoms with Crippen LogP contribution in [0.5, 0.6) is 0 Å². The maximum Gasteiger partial charge on any atom is 0.183 e. The molecule has 0 spiro atoms. The van der Waals surface area contributed by atoms with Crippen LogP contribution in [-0.2, 0) is 9.47 Å². The van der Waals surface area contributed by atoms with E-state index in [0.29, 0.717) is 0 Å². The molecule has 0 radical (unpaired) electrons. The predicted octanol–water partition coefficient (Wildman–Crippen LogP) is 2.59. The van der Waals surface area contributed by atoms with Crippen LogP contribution in [0.15, 0.2) is 18.2 Å². The molecule has 0 saturated heterocycles. The van der Waals surface area contributed by atoms with Crippen molar-refractivity contribution >= 4 is 0 Å². The van der Waals surface area contributed by atoms with Gasteiger partial charge in [-0.2, -0.15) is 0 Å². The van der Waals surface area contributed by atoms with Gasteiger partial charge in [-0.3, -0.25) is 0 Å². The molecule has 0 saturated carbocycles. The number of aryl methyl sites for hydroxylation is 2. The van der Waals surface area contributed by atoms with Crippen LogP contribution in [0, 0.1) is 13.8 Å². The molecule has 2 heteroatoms. The van der Waals surface area contributed by atoms with Gasteiger partial charge in [-0.15, -0.1) is 0 Å².